The van der Waals surface area contributed by atoms with Crippen LogP contribution >= 0.6 is 0 Å². The van der Waals surface area contributed by atoms with Gasteiger partial charge in [-0.15, -0.1) is 5.10 Å². The second kappa shape index (κ2) is 7.35. The summed E-state index contributed by atoms with van der Waals surface area (Å²) in [6.07, 6.45) is 7.49. The van der Waals surface area contributed by atoms with Crippen molar-refractivity contribution in [1.29, 1.82) is 0 Å². The lowest BCUT2D eigenvalue weighted by molar-refractivity contribution is 0.570. The zero-order valence-corrected chi connectivity index (χ0v) is 11.2. The zero-order valence-electron chi connectivity index (χ0n) is 11.2. The van der Waals surface area contributed by atoms with E-state index >= 15 is 0 Å². The van der Waals surface area contributed by atoms with Gasteiger partial charge in [0, 0.05) is 43.8 Å². The molecular weight excluding hydrogens is 240 g/mol. The summed E-state index contributed by atoms with van der Waals surface area (Å²) < 4.78 is 1.84. The molecule has 2 rings (SSSR count). The van der Waals surface area contributed by atoms with Gasteiger partial charge in [0.05, 0.1) is 6.20 Å². The zero-order chi connectivity index (χ0) is 13.3. The molecule has 6 heteroatoms. The van der Waals surface area contributed by atoms with E-state index < -0.39 is 0 Å². The van der Waals surface area contributed by atoms with Gasteiger partial charge in [0.25, 0.3) is 0 Å². The number of rotatable bonds is 8. The van der Waals surface area contributed by atoms with Crippen molar-refractivity contribution in [3.63, 3.8) is 0 Å². The first kappa shape index (κ1) is 13.3. The Morgan fingerprint density at radius 3 is 2.95 bits per heavy atom. The lowest BCUT2D eigenvalue weighted by Gasteiger charge is -2.08. The predicted molar refractivity (Wildman–Crippen MR) is 76.1 cm³/mol. The van der Waals surface area contributed by atoms with Gasteiger partial charge < -0.3 is 10.6 Å². The van der Waals surface area contributed by atoms with Crippen molar-refractivity contribution in [1.82, 2.24) is 20.0 Å². The molecule has 0 radical (unpaired) electrons. The van der Waals surface area contributed by atoms with Gasteiger partial charge in [-0.3, -0.25) is 4.68 Å². The largest absolute Gasteiger partial charge is 0.385 e. The smallest absolute Gasteiger partial charge is 0.127 e. The molecular formula is C13H20N6. The molecule has 102 valence electrons. The second-order valence-corrected chi connectivity index (χ2v) is 4.30. The highest BCUT2D eigenvalue weighted by Crippen LogP contribution is 2.11. The van der Waals surface area contributed by atoms with Crippen LogP contribution in [0.4, 0.5) is 11.5 Å². The van der Waals surface area contributed by atoms with Gasteiger partial charge in [-0.1, -0.05) is 12.1 Å². The molecule has 0 spiro atoms. The van der Waals surface area contributed by atoms with Crippen LogP contribution in [0, 0.1) is 0 Å². The summed E-state index contributed by atoms with van der Waals surface area (Å²) in [7, 11) is 0. The van der Waals surface area contributed by atoms with E-state index in [0.29, 0.717) is 0 Å². The Morgan fingerprint density at radius 2 is 2.16 bits per heavy atom. The van der Waals surface area contributed by atoms with Crippen LogP contribution in [0.25, 0.3) is 0 Å². The maximum atomic E-state index is 4.27. The lowest BCUT2D eigenvalue weighted by atomic mass is 10.3. The molecule has 0 unspecified atom stereocenters. The van der Waals surface area contributed by atoms with Gasteiger partial charge in [-0.2, -0.15) is 0 Å². The minimum atomic E-state index is 0.874. The van der Waals surface area contributed by atoms with E-state index in [-0.39, 0.29) is 0 Å². The van der Waals surface area contributed by atoms with Gasteiger partial charge in [-0.25, -0.2) is 4.98 Å². The highest BCUT2D eigenvalue weighted by atomic mass is 15.4. The Kier molecular flexibility index (Phi) is 5.16. The van der Waals surface area contributed by atoms with Crippen LogP contribution in [-0.4, -0.2) is 33.1 Å². The molecule has 2 aromatic heterocycles. The molecule has 19 heavy (non-hydrogen) atoms. The maximum Gasteiger partial charge on any atom is 0.127 e. The monoisotopic (exact) mass is 260 g/mol. The lowest BCUT2D eigenvalue weighted by Crippen LogP contribution is -2.08. The highest BCUT2D eigenvalue weighted by Gasteiger charge is 1.97. The Balaban J connectivity index is 1.73. The molecule has 0 amide bonds. The van der Waals surface area contributed by atoms with Crippen molar-refractivity contribution in [2.75, 3.05) is 23.7 Å². The summed E-state index contributed by atoms with van der Waals surface area (Å²) in [5, 5.41) is 14.4. The molecule has 0 aromatic carbocycles. The Hall–Kier alpha value is -2.11. The number of pyridine rings is 1. The topological polar surface area (TPSA) is 67.7 Å². The first-order valence-corrected chi connectivity index (χ1v) is 6.66. The fourth-order valence-electron chi connectivity index (χ4n) is 1.72. The van der Waals surface area contributed by atoms with Crippen LogP contribution in [0.5, 0.6) is 0 Å². The number of hydrogen-bond acceptors (Lipinski definition) is 5. The average molecular weight is 260 g/mol. The van der Waals surface area contributed by atoms with Gasteiger partial charge in [0.2, 0.25) is 0 Å². The summed E-state index contributed by atoms with van der Waals surface area (Å²) >= 11 is 0. The van der Waals surface area contributed by atoms with Gasteiger partial charge in [0.15, 0.2) is 0 Å². The van der Waals surface area contributed by atoms with Crippen LogP contribution < -0.4 is 10.6 Å². The van der Waals surface area contributed by atoms with E-state index in [1.807, 2.05) is 29.2 Å². The molecule has 0 atom stereocenters. The molecule has 0 saturated carbocycles. The Bertz CT molecular complexity index is 468. The van der Waals surface area contributed by atoms with Crippen molar-refractivity contribution >= 4 is 11.5 Å². The number of anilines is 2. The molecule has 2 heterocycles. The number of nitrogens with one attached hydrogen (secondary N) is 2. The van der Waals surface area contributed by atoms with Crippen molar-refractivity contribution in [2.45, 2.75) is 26.3 Å². The molecule has 0 aliphatic carbocycles. The molecule has 0 bridgehead atoms. The third-order valence-corrected chi connectivity index (χ3v) is 2.68. The normalized spacial score (nSPS) is 10.4. The fourth-order valence-corrected chi connectivity index (χ4v) is 1.72. The standard InChI is InChI=1S/C13H20N6/c1-2-5-15-13-11-12(4-7-16-13)14-6-3-9-19-10-8-17-18-19/h4,7-8,10-11H,2-3,5-6,9H2,1H3,(H2,14,15,16). The average Bonchev–Trinajstić information content (AvgIpc) is 2.95. The Labute approximate surface area is 113 Å². The van der Waals surface area contributed by atoms with Crippen LogP contribution in [0.2, 0.25) is 0 Å². The minimum absolute atomic E-state index is 0.874. The Morgan fingerprint density at radius 1 is 1.21 bits per heavy atom. The van der Waals surface area contributed by atoms with Crippen LogP contribution in [-0.2, 0) is 6.54 Å². The maximum absolute atomic E-state index is 4.27. The molecule has 2 aromatic rings. The molecule has 0 aliphatic rings. The summed E-state index contributed by atoms with van der Waals surface area (Å²) in [5.41, 5.74) is 1.09. The number of hydrogen-bond donors (Lipinski definition) is 2. The van der Waals surface area contributed by atoms with E-state index in [1.54, 1.807) is 6.20 Å². The summed E-state index contributed by atoms with van der Waals surface area (Å²) in [6, 6.07) is 4.01. The van der Waals surface area contributed by atoms with Crippen LogP contribution in [0.1, 0.15) is 19.8 Å². The molecule has 0 saturated heterocycles. The van der Waals surface area contributed by atoms with E-state index in [2.05, 4.69) is 32.9 Å². The van der Waals surface area contributed by atoms with Crippen molar-refractivity contribution < 1.29 is 0 Å². The van der Waals surface area contributed by atoms with E-state index in [9.17, 15) is 0 Å². The number of aromatic nitrogens is 4. The molecule has 2 N–H and O–H groups in total. The van der Waals surface area contributed by atoms with E-state index in [0.717, 1.165) is 44.0 Å². The predicted octanol–water partition coefficient (Wildman–Crippen LogP) is 2.00. The van der Waals surface area contributed by atoms with Crippen molar-refractivity contribution in [3.05, 3.63) is 30.7 Å². The van der Waals surface area contributed by atoms with Crippen LogP contribution in [0.3, 0.4) is 0 Å². The molecule has 0 fully saturated rings. The van der Waals surface area contributed by atoms with Crippen LogP contribution in [0.15, 0.2) is 30.7 Å². The number of aryl methyl sites for hydroxylation is 1. The minimum Gasteiger partial charge on any atom is -0.385 e. The number of nitrogens with zero attached hydrogens (tertiary/aromatic N) is 4. The SMILES string of the molecule is CCCNc1cc(NCCCn2ccnn2)ccn1. The highest BCUT2D eigenvalue weighted by molar-refractivity contribution is 5.51. The second-order valence-electron chi connectivity index (χ2n) is 4.30. The fraction of sp³-hybridized carbons (Fsp3) is 0.462. The third kappa shape index (κ3) is 4.57. The first-order chi connectivity index (χ1) is 9.38. The first-order valence-electron chi connectivity index (χ1n) is 6.66. The van der Waals surface area contributed by atoms with Gasteiger partial charge >= 0.3 is 0 Å². The van der Waals surface area contributed by atoms with Crippen molar-refractivity contribution in [2.24, 2.45) is 0 Å². The molecule has 0 aliphatic heterocycles. The summed E-state index contributed by atoms with van der Waals surface area (Å²) in [4.78, 5) is 4.27. The van der Waals surface area contributed by atoms with Gasteiger partial charge in [0.1, 0.15) is 5.82 Å². The quantitative estimate of drug-likeness (QED) is 0.711. The van der Waals surface area contributed by atoms with Crippen molar-refractivity contribution in [3.8, 4) is 0 Å². The molecule has 6 nitrogen and oxygen atoms in total. The summed E-state index contributed by atoms with van der Waals surface area (Å²) in [5.74, 6) is 0.920. The summed E-state index contributed by atoms with van der Waals surface area (Å²) in [6.45, 7) is 4.86. The van der Waals surface area contributed by atoms with Gasteiger partial charge in [-0.05, 0) is 18.9 Å². The van der Waals surface area contributed by atoms with E-state index in [1.165, 1.54) is 0 Å². The van der Waals surface area contributed by atoms with E-state index in [4.69, 9.17) is 0 Å². The third-order valence-electron chi connectivity index (χ3n) is 2.68.